The van der Waals surface area contributed by atoms with Gasteiger partial charge in [-0.2, -0.15) is 13.2 Å². The van der Waals surface area contributed by atoms with Gasteiger partial charge in [-0.3, -0.25) is 4.79 Å². The van der Waals surface area contributed by atoms with E-state index in [-0.39, 0.29) is 0 Å². The second-order valence-corrected chi connectivity index (χ2v) is 6.03. The van der Waals surface area contributed by atoms with Gasteiger partial charge in [0.2, 0.25) is 5.91 Å². The van der Waals surface area contributed by atoms with Crippen molar-refractivity contribution in [1.29, 1.82) is 0 Å². The van der Waals surface area contributed by atoms with Gasteiger partial charge in [0.15, 0.2) is 0 Å². The summed E-state index contributed by atoms with van der Waals surface area (Å²) < 4.78 is 37.4. The number of hydrogen-bond donors (Lipinski definition) is 2. The monoisotopic (exact) mass is 329 g/mol. The molecule has 0 aliphatic heterocycles. The number of amides is 1. The number of fused-ring (bicyclic) bond motifs is 1. The number of nitrogens with one attached hydrogen (secondary N) is 1. The van der Waals surface area contributed by atoms with Gasteiger partial charge in [0, 0.05) is 0 Å². The van der Waals surface area contributed by atoms with E-state index in [1.807, 2.05) is 12.1 Å². The Bertz CT molecular complexity index is 615. The molecule has 0 saturated carbocycles. The fourth-order valence-corrected chi connectivity index (χ4v) is 3.03. The van der Waals surface area contributed by atoms with Gasteiger partial charge < -0.3 is 10.4 Å². The van der Waals surface area contributed by atoms with Crippen LogP contribution in [0.3, 0.4) is 0 Å². The molecule has 0 spiro atoms. The lowest BCUT2D eigenvalue weighted by Gasteiger charge is -2.35. The minimum atomic E-state index is -4.66. The highest BCUT2D eigenvalue weighted by Gasteiger charge is 2.42. The van der Waals surface area contributed by atoms with E-state index in [0.717, 1.165) is 24.0 Å². The summed E-state index contributed by atoms with van der Waals surface area (Å²) in [7, 11) is 0. The zero-order valence-corrected chi connectivity index (χ0v) is 12.6. The highest BCUT2D eigenvalue weighted by molar-refractivity contribution is 5.91. The molecule has 23 heavy (non-hydrogen) atoms. The first-order chi connectivity index (χ1) is 10.6. The fourth-order valence-electron chi connectivity index (χ4n) is 3.03. The lowest BCUT2D eigenvalue weighted by atomic mass is 9.70. The largest absolute Gasteiger partial charge is 0.480 e. The van der Waals surface area contributed by atoms with Gasteiger partial charge in [-0.15, -0.1) is 0 Å². The standard InChI is InChI=1S/C16H18F3NO3/c1-15(8-4-6-10-5-2-3-7-11(10)15)14(23)20-12(13(21)22)9-16(17,18)19/h2-3,5,7,12H,4,6,8-9H2,1H3,(H,20,23)(H,21,22). The molecule has 0 aromatic heterocycles. The number of carbonyl (C=O) groups is 2. The maximum atomic E-state index is 12.5. The second-order valence-electron chi connectivity index (χ2n) is 6.03. The topological polar surface area (TPSA) is 66.4 Å². The first kappa shape index (κ1) is 17.3. The van der Waals surface area contributed by atoms with Crippen molar-refractivity contribution < 1.29 is 27.9 Å². The number of rotatable bonds is 4. The molecule has 0 saturated heterocycles. The van der Waals surface area contributed by atoms with Crippen molar-refractivity contribution in [2.24, 2.45) is 0 Å². The summed E-state index contributed by atoms with van der Waals surface area (Å²) in [6, 6.07) is 5.28. The molecule has 7 heteroatoms. The van der Waals surface area contributed by atoms with Crippen molar-refractivity contribution in [3.63, 3.8) is 0 Å². The smallest absolute Gasteiger partial charge is 0.391 e. The van der Waals surface area contributed by atoms with Crippen molar-refractivity contribution in [1.82, 2.24) is 5.32 Å². The van der Waals surface area contributed by atoms with E-state index in [1.165, 1.54) is 0 Å². The number of carboxylic acid groups (broad SMARTS) is 1. The first-order valence-corrected chi connectivity index (χ1v) is 7.32. The van der Waals surface area contributed by atoms with Crippen LogP contribution in [0.15, 0.2) is 24.3 Å². The third kappa shape index (κ3) is 3.83. The molecule has 1 aromatic carbocycles. The Morgan fingerprint density at radius 3 is 2.61 bits per heavy atom. The second kappa shape index (κ2) is 6.22. The van der Waals surface area contributed by atoms with Gasteiger partial charge in [-0.1, -0.05) is 24.3 Å². The number of hydrogen-bond acceptors (Lipinski definition) is 2. The van der Waals surface area contributed by atoms with Crippen LogP contribution in [0.5, 0.6) is 0 Å². The van der Waals surface area contributed by atoms with E-state index in [2.05, 4.69) is 5.32 Å². The van der Waals surface area contributed by atoms with Crippen molar-refractivity contribution >= 4 is 11.9 Å². The maximum absolute atomic E-state index is 12.5. The molecule has 1 aliphatic rings. The molecule has 1 aromatic rings. The van der Waals surface area contributed by atoms with Gasteiger partial charge >= 0.3 is 12.1 Å². The number of halogens is 3. The molecule has 0 bridgehead atoms. The lowest BCUT2D eigenvalue weighted by Crippen LogP contribution is -2.51. The van der Waals surface area contributed by atoms with Crippen molar-refractivity contribution in [3.8, 4) is 0 Å². The minimum absolute atomic E-state index is 0.466. The molecule has 2 atom stereocenters. The van der Waals surface area contributed by atoms with Gasteiger partial charge in [-0.05, 0) is 37.3 Å². The Balaban J connectivity index is 2.24. The number of aryl methyl sites for hydroxylation is 1. The number of carbonyl (C=O) groups excluding carboxylic acids is 1. The summed E-state index contributed by atoms with van der Waals surface area (Å²) in [5, 5.41) is 11.0. The fraction of sp³-hybridized carbons (Fsp3) is 0.500. The van der Waals surface area contributed by atoms with Crippen LogP contribution in [0, 0.1) is 0 Å². The maximum Gasteiger partial charge on any atom is 0.391 e. The number of benzene rings is 1. The van der Waals surface area contributed by atoms with E-state index in [1.54, 1.807) is 19.1 Å². The van der Waals surface area contributed by atoms with Crippen molar-refractivity contribution in [3.05, 3.63) is 35.4 Å². The van der Waals surface area contributed by atoms with Crippen LogP contribution >= 0.6 is 0 Å². The zero-order valence-electron chi connectivity index (χ0n) is 12.6. The molecule has 0 fully saturated rings. The van der Waals surface area contributed by atoms with E-state index < -0.39 is 35.9 Å². The van der Waals surface area contributed by atoms with Crippen LogP contribution < -0.4 is 5.32 Å². The van der Waals surface area contributed by atoms with Crippen molar-refractivity contribution in [2.45, 2.75) is 50.2 Å². The zero-order chi connectivity index (χ0) is 17.3. The molecule has 2 rings (SSSR count). The normalized spacial score (nSPS) is 22.1. The van der Waals surface area contributed by atoms with Crippen LogP contribution in [0.1, 0.15) is 37.3 Å². The minimum Gasteiger partial charge on any atom is -0.480 e. The van der Waals surface area contributed by atoms with E-state index in [0.29, 0.717) is 6.42 Å². The number of aliphatic carboxylic acids is 1. The highest BCUT2D eigenvalue weighted by atomic mass is 19.4. The van der Waals surface area contributed by atoms with E-state index >= 15 is 0 Å². The van der Waals surface area contributed by atoms with Gasteiger partial charge in [-0.25, -0.2) is 4.79 Å². The molecule has 4 nitrogen and oxygen atoms in total. The van der Waals surface area contributed by atoms with E-state index in [9.17, 15) is 22.8 Å². The lowest BCUT2D eigenvalue weighted by molar-refractivity contribution is -0.160. The van der Waals surface area contributed by atoms with Crippen molar-refractivity contribution in [2.75, 3.05) is 0 Å². The SMILES string of the molecule is CC1(C(=O)NC(CC(F)(F)F)C(=O)O)CCCc2ccccc21. The Morgan fingerprint density at radius 2 is 2.00 bits per heavy atom. The molecular formula is C16H18F3NO3. The summed E-state index contributed by atoms with van der Waals surface area (Å²) in [6.45, 7) is 1.65. The third-order valence-corrected chi connectivity index (χ3v) is 4.27. The molecule has 2 N–H and O–H groups in total. The molecule has 2 unspecified atom stereocenters. The third-order valence-electron chi connectivity index (χ3n) is 4.27. The highest BCUT2D eigenvalue weighted by Crippen LogP contribution is 2.37. The van der Waals surface area contributed by atoms with Crippen LogP contribution in [-0.2, 0) is 21.4 Å². The predicted molar refractivity (Wildman–Crippen MR) is 77.0 cm³/mol. The number of carboxylic acids is 1. The number of alkyl halides is 3. The molecule has 1 amide bonds. The van der Waals surface area contributed by atoms with Crippen LogP contribution in [0.4, 0.5) is 13.2 Å². The Hall–Kier alpha value is -2.05. The van der Waals surface area contributed by atoms with Gasteiger partial charge in [0.25, 0.3) is 0 Å². The summed E-state index contributed by atoms with van der Waals surface area (Å²) in [5.41, 5.74) is 0.702. The summed E-state index contributed by atoms with van der Waals surface area (Å²) in [4.78, 5) is 23.6. The van der Waals surface area contributed by atoms with Gasteiger partial charge in [0.1, 0.15) is 6.04 Å². The predicted octanol–water partition coefficient (Wildman–Crippen LogP) is 2.80. The van der Waals surface area contributed by atoms with Crippen LogP contribution in [0.2, 0.25) is 0 Å². The average molecular weight is 329 g/mol. The molecular weight excluding hydrogens is 311 g/mol. The first-order valence-electron chi connectivity index (χ1n) is 7.32. The average Bonchev–Trinajstić information content (AvgIpc) is 2.45. The Morgan fingerprint density at radius 1 is 1.35 bits per heavy atom. The summed E-state index contributed by atoms with van der Waals surface area (Å²) >= 11 is 0. The van der Waals surface area contributed by atoms with Crippen LogP contribution in [-0.4, -0.2) is 29.2 Å². The molecule has 1 aliphatic carbocycles. The quantitative estimate of drug-likeness (QED) is 0.893. The summed E-state index contributed by atoms with van der Waals surface area (Å²) in [6.07, 6.45) is -4.27. The van der Waals surface area contributed by atoms with Gasteiger partial charge in [0.05, 0.1) is 11.8 Å². The van der Waals surface area contributed by atoms with E-state index in [4.69, 9.17) is 5.11 Å². The molecule has 126 valence electrons. The Labute approximate surface area is 131 Å². The molecule has 0 heterocycles. The Kier molecular flexibility index (Phi) is 4.68. The molecule has 0 radical (unpaired) electrons. The van der Waals surface area contributed by atoms with Crippen LogP contribution in [0.25, 0.3) is 0 Å². The summed E-state index contributed by atoms with van der Waals surface area (Å²) in [5.74, 6) is -2.37.